The van der Waals surface area contributed by atoms with E-state index in [2.05, 4.69) is 11.8 Å². The molecule has 0 spiro atoms. The summed E-state index contributed by atoms with van der Waals surface area (Å²) in [6.07, 6.45) is 2.22. The average Bonchev–Trinajstić information content (AvgIpc) is 2.75. The Morgan fingerprint density at radius 1 is 1.00 bits per heavy atom. The van der Waals surface area contributed by atoms with E-state index in [1.165, 1.54) is 0 Å². The summed E-state index contributed by atoms with van der Waals surface area (Å²) in [5.74, 6) is -0.128. The first-order valence-corrected chi connectivity index (χ1v) is 10.6. The van der Waals surface area contributed by atoms with Crippen molar-refractivity contribution in [2.75, 3.05) is 19.6 Å². The van der Waals surface area contributed by atoms with Gasteiger partial charge in [0.1, 0.15) is 6.10 Å². The maximum Gasteiger partial charge on any atom is 0.314 e. The quantitative estimate of drug-likeness (QED) is 0.540. The van der Waals surface area contributed by atoms with Crippen LogP contribution in [0.2, 0.25) is 0 Å². The van der Waals surface area contributed by atoms with Gasteiger partial charge < -0.3 is 4.74 Å². The number of Topliss-reactive ketones (excluding diaryl/α,β-unsaturated/α-hetero) is 1. The van der Waals surface area contributed by atoms with Crippen molar-refractivity contribution in [3.63, 3.8) is 0 Å². The van der Waals surface area contributed by atoms with Crippen LogP contribution in [0.4, 0.5) is 0 Å². The molecule has 3 aliphatic rings. The molecular weight excluding hydrogens is 362 g/mol. The standard InChI is InChI=1S/C25H29NO3/c1-17(21-9-6-10-22(15-21)18(2)27)24(20-7-4-3-5-8-20)25(28)29-23-16-26-13-11-19(23)12-14-26/h3-10,15,17,19,23-24H,11-14,16H2,1-2H3. The second-order valence-electron chi connectivity index (χ2n) is 8.47. The molecule has 0 amide bonds. The first-order valence-electron chi connectivity index (χ1n) is 10.6. The van der Waals surface area contributed by atoms with Crippen LogP contribution in [-0.4, -0.2) is 42.4 Å². The molecule has 3 saturated heterocycles. The topological polar surface area (TPSA) is 46.6 Å². The zero-order valence-electron chi connectivity index (χ0n) is 17.2. The van der Waals surface area contributed by atoms with E-state index in [9.17, 15) is 9.59 Å². The van der Waals surface area contributed by atoms with Crippen LogP contribution in [0.5, 0.6) is 0 Å². The van der Waals surface area contributed by atoms with Crippen LogP contribution in [0, 0.1) is 5.92 Å². The van der Waals surface area contributed by atoms with E-state index >= 15 is 0 Å². The SMILES string of the molecule is CC(=O)c1cccc(C(C)C(C(=O)OC2CN3CCC2CC3)c2ccccc2)c1. The molecule has 3 heterocycles. The van der Waals surface area contributed by atoms with Gasteiger partial charge in [-0.25, -0.2) is 0 Å². The van der Waals surface area contributed by atoms with Gasteiger partial charge in [0.05, 0.1) is 5.92 Å². The van der Waals surface area contributed by atoms with Gasteiger partial charge >= 0.3 is 5.97 Å². The molecule has 3 fully saturated rings. The second kappa shape index (κ2) is 8.50. The van der Waals surface area contributed by atoms with Crippen LogP contribution in [0.3, 0.4) is 0 Å². The fourth-order valence-electron chi connectivity index (χ4n) is 4.79. The summed E-state index contributed by atoms with van der Waals surface area (Å²) in [5, 5.41) is 0. The number of fused-ring (bicyclic) bond motifs is 3. The first-order chi connectivity index (χ1) is 14.0. The van der Waals surface area contributed by atoms with Crippen LogP contribution >= 0.6 is 0 Å². The fourth-order valence-corrected chi connectivity index (χ4v) is 4.79. The van der Waals surface area contributed by atoms with Gasteiger partial charge in [-0.3, -0.25) is 14.5 Å². The minimum atomic E-state index is -0.395. The van der Waals surface area contributed by atoms with Crippen molar-refractivity contribution in [3.05, 3.63) is 71.3 Å². The number of nitrogens with zero attached hydrogens (tertiary/aromatic N) is 1. The molecule has 4 heteroatoms. The van der Waals surface area contributed by atoms with E-state index in [0.29, 0.717) is 11.5 Å². The van der Waals surface area contributed by atoms with Crippen molar-refractivity contribution < 1.29 is 14.3 Å². The summed E-state index contributed by atoms with van der Waals surface area (Å²) in [5.41, 5.74) is 2.61. The van der Waals surface area contributed by atoms with Crippen molar-refractivity contribution in [1.82, 2.24) is 4.90 Å². The molecule has 0 aliphatic carbocycles. The van der Waals surface area contributed by atoms with Crippen LogP contribution in [0.25, 0.3) is 0 Å². The smallest absolute Gasteiger partial charge is 0.314 e. The normalized spacial score (nSPS) is 25.2. The van der Waals surface area contributed by atoms with Gasteiger partial charge in [-0.1, -0.05) is 55.5 Å². The lowest BCUT2D eigenvalue weighted by Crippen LogP contribution is -2.52. The summed E-state index contributed by atoms with van der Waals surface area (Å²) < 4.78 is 6.11. The number of rotatable bonds is 6. The molecule has 3 unspecified atom stereocenters. The van der Waals surface area contributed by atoms with E-state index in [1.807, 2.05) is 54.6 Å². The molecular formula is C25H29NO3. The molecule has 2 aromatic carbocycles. The zero-order valence-corrected chi connectivity index (χ0v) is 17.2. The number of esters is 1. The van der Waals surface area contributed by atoms with Crippen LogP contribution in [0.15, 0.2) is 54.6 Å². The third-order valence-electron chi connectivity index (χ3n) is 6.60. The lowest BCUT2D eigenvalue weighted by molar-refractivity contribution is -0.161. The van der Waals surface area contributed by atoms with E-state index in [1.54, 1.807) is 6.92 Å². The highest BCUT2D eigenvalue weighted by Crippen LogP contribution is 2.36. The summed E-state index contributed by atoms with van der Waals surface area (Å²) in [6.45, 7) is 6.71. The van der Waals surface area contributed by atoms with Crippen molar-refractivity contribution >= 4 is 11.8 Å². The highest BCUT2D eigenvalue weighted by molar-refractivity contribution is 5.94. The van der Waals surface area contributed by atoms with Gasteiger partial charge in [-0.2, -0.15) is 0 Å². The highest BCUT2D eigenvalue weighted by Gasteiger charge is 2.39. The van der Waals surface area contributed by atoms with Gasteiger partial charge in [0, 0.05) is 12.1 Å². The molecule has 0 N–H and O–H groups in total. The Bertz CT molecular complexity index is 871. The van der Waals surface area contributed by atoms with E-state index in [-0.39, 0.29) is 23.8 Å². The molecule has 29 heavy (non-hydrogen) atoms. The predicted octanol–water partition coefficient (Wildman–Crippen LogP) is 4.41. The largest absolute Gasteiger partial charge is 0.460 e. The Labute approximate surface area is 172 Å². The number of benzene rings is 2. The monoisotopic (exact) mass is 391 g/mol. The Morgan fingerprint density at radius 2 is 1.69 bits per heavy atom. The summed E-state index contributed by atoms with van der Waals surface area (Å²) in [4.78, 5) is 27.6. The number of hydrogen-bond acceptors (Lipinski definition) is 4. The minimum absolute atomic E-state index is 0.00744. The number of ether oxygens (including phenoxy) is 1. The number of hydrogen-bond donors (Lipinski definition) is 0. The van der Waals surface area contributed by atoms with Crippen LogP contribution in [0.1, 0.15) is 60.0 Å². The van der Waals surface area contributed by atoms with Gasteiger partial charge in [-0.15, -0.1) is 0 Å². The molecule has 4 nitrogen and oxygen atoms in total. The Kier molecular flexibility index (Phi) is 5.81. The van der Waals surface area contributed by atoms with E-state index < -0.39 is 5.92 Å². The molecule has 0 saturated carbocycles. The molecule has 0 radical (unpaired) electrons. The van der Waals surface area contributed by atoms with Crippen LogP contribution in [-0.2, 0) is 9.53 Å². The Morgan fingerprint density at radius 3 is 2.31 bits per heavy atom. The number of carbonyl (C=O) groups excluding carboxylic acids is 2. The molecule has 5 rings (SSSR count). The molecule has 0 aromatic heterocycles. The molecule has 152 valence electrons. The van der Waals surface area contributed by atoms with E-state index in [4.69, 9.17) is 4.74 Å². The summed E-state index contributed by atoms with van der Waals surface area (Å²) in [6, 6.07) is 17.5. The average molecular weight is 392 g/mol. The third kappa shape index (κ3) is 4.27. The minimum Gasteiger partial charge on any atom is -0.460 e. The molecule has 2 aromatic rings. The Hall–Kier alpha value is -2.46. The van der Waals surface area contributed by atoms with Crippen molar-refractivity contribution in [3.8, 4) is 0 Å². The van der Waals surface area contributed by atoms with Crippen LogP contribution < -0.4 is 0 Å². The summed E-state index contributed by atoms with van der Waals surface area (Å²) >= 11 is 0. The fraction of sp³-hybridized carbons (Fsp3) is 0.440. The molecule has 3 atom stereocenters. The second-order valence-corrected chi connectivity index (χ2v) is 8.47. The number of carbonyl (C=O) groups is 2. The number of piperidine rings is 3. The van der Waals surface area contributed by atoms with Gasteiger partial charge in [0.25, 0.3) is 0 Å². The molecule has 2 bridgehead atoms. The molecule has 3 aliphatic heterocycles. The van der Waals surface area contributed by atoms with E-state index in [0.717, 1.165) is 43.6 Å². The highest BCUT2D eigenvalue weighted by atomic mass is 16.5. The lowest BCUT2D eigenvalue weighted by Gasteiger charge is -2.44. The van der Waals surface area contributed by atoms with Gasteiger partial charge in [0.2, 0.25) is 0 Å². The maximum absolute atomic E-state index is 13.4. The summed E-state index contributed by atoms with van der Waals surface area (Å²) in [7, 11) is 0. The van der Waals surface area contributed by atoms with Crippen molar-refractivity contribution in [1.29, 1.82) is 0 Å². The van der Waals surface area contributed by atoms with Crippen molar-refractivity contribution in [2.45, 2.75) is 44.6 Å². The van der Waals surface area contributed by atoms with Gasteiger partial charge in [0.15, 0.2) is 5.78 Å². The maximum atomic E-state index is 13.4. The van der Waals surface area contributed by atoms with Gasteiger partial charge in [-0.05, 0) is 61.9 Å². The lowest BCUT2D eigenvalue weighted by atomic mass is 9.81. The zero-order chi connectivity index (χ0) is 20.4. The predicted molar refractivity (Wildman–Crippen MR) is 113 cm³/mol. The Balaban J connectivity index is 1.60. The first kappa shape index (κ1) is 19.8. The van der Waals surface area contributed by atoms with Crippen molar-refractivity contribution in [2.24, 2.45) is 5.92 Å². The number of ketones is 1. The third-order valence-corrected chi connectivity index (χ3v) is 6.60.